The number of benzene rings is 3. The Bertz CT molecular complexity index is 1460. The Kier molecular flexibility index (Phi) is 10.1. The summed E-state index contributed by atoms with van der Waals surface area (Å²) in [5, 5.41) is 10.8. The van der Waals surface area contributed by atoms with Crippen molar-refractivity contribution in [2.45, 2.75) is 44.9 Å². The zero-order valence-electron chi connectivity index (χ0n) is 22.2. The molecule has 2 N–H and O–H groups in total. The number of nitrogens with two attached hydrogens (primary N) is 1. The number of halogens is 2. The number of carbonyl (C=O) groups excluding carboxylic acids is 1. The van der Waals surface area contributed by atoms with E-state index in [0.717, 1.165) is 29.7 Å². The van der Waals surface area contributed by atoms with Gasteiger partial charge in [0.05, 0.1) is 12.5 Å². The van der Waals surface area contributed by atoms with E-state index in [4.69, 9.17) is 43.1 Å². The van der Waals surface area contributed by atoms with Crippen LogP contribution in [-0.4, -0.2) is 12.6 Å². The number of nitrogens with zero attached hydrogens (tertiary/aromatic N) is 1. The smallest absolute Gasteiger partial charge is 0.336 e. The van der Waals surface area contributed by atoms with E-state index in [2.05, 4.69) is 13.0 Å². The minimum absolute atomic E-state index is 0.00755. The summed E-state index contributed by atoms with van der Waals surface area (Å²) in [5.74, 6) is 0.425. The van der Waals surface area contributed by atoms with Crippen molar-refractivity contribution in [1.29, 1.82) is 5.26 Å². The molecule has 1 heterocycles. The van der Waals surface area contributed by atoms with Crippen molar-refractivity contribution in [3.8, 4) is 23.3 Å². The Morgan fingerprint density at radius 2 is 1.77 bits per heavy atom. The van der Waals surface area contributed by atoms with Crippen LogP contribution in [0.15, 0.2) is 78.2 Å². The normalized spacial score (nSPS) is 14.4. The predicted molar refractivity (Wildman–Crippen MR) is 158 cm³/mol. The molecule has 6 nitrogen and oxygen atoms in total. The summed E-state index contributed by atoms with van der Waals surface area (Å²) >= 11 is 12.1. The summed E-state index contributed by atoms with van der Waals surface area (Å²) in [6.45, 7) is 2.87. The first-order valence-electron chi connectivity index (χ1n) is 13.2. The number of unbranched alkanes of at least 4 members (excludes halogenated alkanes) is 4. The second-order valence-corrected chi connectivity index (χ2v) is 10.2. The summed E-state index contributed by atoms with van der Waals surface area (Å²) in [7, 11) is 0. The van der Waals surface area contributed by atoms with Crippen molar-refractivity contribution in [2.24, 2.45) is 5.73 Å². The number of esters is 1. The molecule has 0 aliphatic carbocycles. The van der Waals surface area contributed by atoms with Crippen LogP contribution < -0.4 is 19.9 Å². The van der Waals surface area contributed by atoms with Crippen molar-refractivity contribution in [1.82, 2.24) is 0 Å². The van der Waals surface area contributed by atoms with Gasteiger partial charge in [0.15, 0.2) is 0 Å². The lowest BCUT2D eigenvalue weighted by Crippen LogP contribution is -2.21. The maximum atomic E-state index is 12.4. The lowest BCUT2D eigenvalue weighted by Gasteiger charge is -2.26. The molecule has 40 heavy (non-hydrogen) atoms. The fraction of sp³-hybridized carbons (Fsp3) is 0.250. The minimum atomic E-state index is -0.597. The topological polar surface area (TPSA) is 94.6 Å². The summed E-state index contributed by atoms with van der Waals surface area (Å²) < 4.78 is 17.1. The summed E-state index contributed by atoms with van der Waals surface area (Å²) in [6, 6.07) is 19.8. The van der Waals surface area contributed by atoms with Gasteiger partial charge in [0.2, 0.25) is 5.88 Å². The van der Waals surface area contributed by atoms with Crippen molar-refractivity contribution in [3.05, 3.63) is 105 Å². The Labute approximate surface area is 244 Å². The van der Waals surface area contributed by atoms with E-state index in [1.54, 1.807) is 42.5 Å². The van der Waals surface area contributed by atoms with E-state index in [1.807, 2.05) is 24.3 Å². The quantitative estimate of drug-likeness (QED) is 0.107. The zero-order valence-corrected chi connectivity index (χ0v) is 23.7. The molecule has 0 radical (unpaired) electrons. The number of carbonyl (C=O) groups is 1. The second kappa shape index (κ2) is 13.9. The number of allylic oxidation sites excluding steroid dienone is 1. The van der Waals surface area contributed by atoms with Gasteiger partial charge < -0.3 is 19.9 Å². The van der Waals surface area contributed by atoms with E-state index >= 15 is 0 Å². The molecular formula is C32H30Cl2N2O4. The molecule has 1 aliphatic rings. The summed E-state index contributed by atoms with van der Waals surface area (Å²) in [5.41, 5.74) is 8.68. The van der Waals surface area contributed by atoms with Gasteiger partial charge in [-0.3, -0.25) is 0 Å². The monoisotopic (exact) mass is 576 g/mol. The summed E-state index contributed by atoms with van der Waals surface area (Å²) in [6.07, 6.45) is 8.68. The van der Waals surface area contributed by atoms with Gasteiger partial charge in [0, 0.05) is 27.8 Å². The van der Waals surface area contributed by atoms with Crippen LogP contribution >= 0.6 is 23.2 Å². The van der Waals surface area contributed by atoms with Gasteiger partial charge in [0.25, 0.3) is 0 Å². The SMILES string of the molecule is CCCCCCCOc1ccc(C2C(C#N)=C(N)Oc3cc(OC(=O)/C=C/c4ccc(Cl)cc4Cl)ccc32)cc1. The molecule has 0 amide bonds. The van der Waals surface area contributed by atoms with Gasteiger partial charge in [-0.05, 0) is 54.0 Å². The average molecular weight is 578 g/mol. The largest absolute Gasteiger partial charge is 0.494 e. The van der Waals surface area contributed by atoms with E-state index in [0.29, 0.717) is 33.5 Å². The van der Waals surface area contributed by atoms with E-state index in [1.165, 1.54) is 25.3 Å². The first-order chi connectivity index (χ1) is 19.4. The van der Waals surface area contributed by atoms with Crippen LogP contribution in [0.4, 0.5) is 0 Å². The molecule has 0 spiro atoms. The Morgan fingerprint density at radius 3 is 2.50 bits per heavy atom. The highest BCUT2D eigenvalue weighted by Crippen LogP contribution is 2.43. The van der Waals surface area contributed by atoms with E-state index < -0.39 is 11.9 Å². The fourth-order valence-corrected chi connectivity index (χ4v) is 4.91. The molecule has 1 aliphatic heterocycles. The third-order valence-electron chi connectivity index (χ3n) is 6.50. The lowest BCUT2D eigenvalue weighted by atomic mass is 9.83. The molecule has 1 atom stereocenters. The number of hydrogen-bond acceptors (Lipinski definition) is 6. The average Bonchev–Trinajstić information content (AvgIpc) is 2.94. The minimum Gasteiger partial charge on any atom is -0.494 e. The molecule has 3 aromatic rings. The van der Waals surface area contributed by atoms with Crippen LogP contribution in [0.3, 0.4) is 0 Å². The van der Waals surface area contributed by atoms with Gasteiger partial charge in [-0.25, -0.2) is 4.79 Å². The fourth-order valence-electron chi connectivity index (χ4n) is 4.44. The number of nitriles is 1. The maximum absolute atomic E-state index is 12.4. The Morgan fingerprint density at radius 1 is 1.02 bits per heavy atom. The Balaban J connectivity index is 1.47. The van der Waals surface area contributed by atoms with E-state index in [9.17, 15) is 10.1 Å². The van der Waals surface area contributed by atoms with Gasteiger partial charge in [-0.15, -0.1) is 0 Å². The maximum Gasteiger partial charge on any atom is 0.336 e. The van der Waals surface area contributed by atoms with Crippen molar-refractivity contribution in [3.63, 3.8) is 0 Å². The highest BCUT2D eigenvalue weighted by atomic mass is 35.5. The standard InChI is InChI=1S/C32H30Cl2N2O4/c1-2-3-4-5-6-17-38-24-12-8-22(9-13-24)31-26-15-14-25(19-29(26)40-32(36)27(31)20-35)39-30(37)16-10-21-7-11-23(33)18-28(21)34/h7-16,18-19,31H,2-6,17,36H2,1H3/b16-10+. The van der Waals surface area contributed by atoms with Crippen LogP contribution in [0.1, 0.15) is 61.6 Å². The number of rotatable bonds is 11. The molecular weight excluding hydrogens is 547 g/mol. The van der Waals surface area contributed by atoms with Crippen molar-refractivity contribution >= 4 is 35.2 Å². The molecule has 206 valence electrons. The van der Waals surface area contributed by atoms with Gasteiger partial charge in [-0.1, -0.05) is 80.1 Å². The highest BCUT2D eigenvalue weighted by Gasteiger charge is 2.31. The molecule has 0 aromatic heterocycles. The van der Waals surface area contributed by atoms with E-state index in [-0.39, 0.29) is 11.6 Å². The first-order valence-corrected chi connectivity index (χ1v) is 13.9. The van der Waals surface area contributed by atoms with Crippen LogP contribution in [-0.2, 0) is 4.79 Å². The van der Waals surface area contributed by atoms with Gasteiger partial charge >= 0.3 is 5.97 Å². The molecule has 8 heteroatoms. The van der Waals surface area contributed by atoms with Crippen LogP contribution in [0.2, 0.25) is 10.0 Å². The Hall–Kier alpha value is -3.92. The predicted octanol–water partition coefficient (Wildman–Crippen LogP) is 8.18. The van der Waals surface area contributed by atoms with Crippen molar-refractivity contribution in [2.75, 3.05) is 6.61 Å². The molecule has 0 saturated heterocycles. The molecule has 1 unspecified atom stereocenters. The first kappa shape index (κ1) is 29.1. The molecule has 0 saturated carbocycles. The van der Waals surface area contributed by atoms with Crippen LogP contribution in [0.25, 0.3) is 6.08 Å². The zero-order chi connectivity index (χ0) is 28.5. The third kappa shape index (κ3) is 7.38. The summed E-state index contributed by atoms with van der Waals surface area (Å²) in [4.78, 5) is 12.4. The van der Waals surface area contributed by atoms with Crippen molar-refractivity contribution < 1.29 is 19.0 Å². The van der Waals surface area contributed by atoms with Gasteiger partial charge in [0.1, 0.15) is 28.9 Å². The lowest BCUT2D eigenvalue weighted by molar-refractivity contribution is -0.128. The molecule has 0 fully saturated rings. The number of ether oxygens (including phenoxy) is 3. The van der Waals surface area contributed by atoms with Gasteiger partial charge in [-0.2, -0.15) is 5.26 Å². The number of fused-ring (bicyclic) bond motifs is 1. The highest BCUT2D eigenvalue weighted by molar-refractivity contribution is 6.35. The third-order valence-corrected chi connectivity index (χ3v) is 7.06. The van der Waals surface area contributed by atoms with Crippen LogP contribution in [0.5, 0.6) is 17.2 Å². The molecule has 0 bridgehead atoms. The number of hydrogen-bond donors (Lipinski definition) is 1. The second-order valence-electron chi connectivity index (χ2n) is 9.38. The molecule has 4 rings (SSSR count). The van der Waals surface area contributed by atoms with Crippen LogP contribution in [0, 0.1) is 11.3 Å². The molecule has 3 aromatic carbocycles.